The van der Waals surface area contributed by atoms with Crippen molar-refractivity contribution in [2.75, 3.05) is 0 Å². The molecule has 0 aliphatic heterocycles. The predicted octanol–water partition coefficient (Wildman–Crippen LogP) is 18.3. The Kier molecular flexibility index (Phi) is 9.86. The summed E-state index contributed by atoms with van der Waals surface area (Å²) in [6.07, 6.45) is 0. The van der Waals surface area contributed by atoms with Crippen molar-refractivity contribution in [2.45, 2.75) is 24.7 Å². The van der Waals surface area contributed by atoms with E-state index in [1.165, 1.54) is 99.8 Å². The second-order valence-electron chi connectivity index (χ2n) is 20.9. The number of fused-ring (bicyclic) bond motifs is 8. The highest BCUT2D eigenvalue weighted by atomic mass is 15.0. The van der Waals surface area contributed by atoms with E-state index in [2.05, 4.69) is 302 Å². The minimum Gasteiger partial charge on any atom is -0.309 e. The third-order valence-electron chi connectivity index (χ3n) is 16.8. The number of benzene rings is 11. The van der Waals surface area contributed by atoms with Crippen molar-refractivity contribution in [3.63, 3.8) is 0 Å². The largest absolute Gasteiger partial charge is 0.309 e. The van der Waals surface area contributed by atoms with Crippen molar-refractivity contribution >= 4 is 21.8 Å². The normalized spacial score (nSPS) is 13.6. The lowest BCUT2D eigenvalue weighted by Gasteiger charge is -2.34. The van der Waals surface area contributed by atoms with Crippen LogP contribution >= 0.6 is 0 Å². The first-order valence-electron chi connectivity index (χ1n) is 26.6. The summed E-state index contributed by atoms with van der Waals surface area (Å²) in [6, 6.07) is 105. The number of nitrogens with zero attached hydrogens (tertiary/aromatic N) is 2. The van der Waals surface area contributed by atoms with E-state index in [4.69, 9.17) is 0 Å². The van der Waals surface area contributed by atoms with Gasteiger partial charge in [-0.1, -0.05) is 242 Å². The number of aromatic nitrogens is 2. The Morgan fingerprint density at radius 3 is 0.934 bits per heavy atom. The van der Waals surface area contributed by atoms with Crippen LogP contribution in [0, 0.1) is 13.8 Å². The smallest absolute Gasteiger partial charge is 0.0714 e. The molecular weight excluding hydrogens is 917 g/mol. The Labute approximate surface area is 444 Å². The molecule has 0 spiro atoms. The Hall–Kier alpha value is -9.50. The van der Waals surface area contributed by atoms with Gasteiger partial charge in [-0.25, -0.2) is 0 Å². The summed E-state index contributed by atoms with van der Waals surface area (Å²) in [5.41, 5.74) is 26.0. The van der Waals surface area contributed by atoms with Gasteiger partial charge in [0.25, 0.3) is 0 Å². The van der Waals surface area contributed by atoms with Gasteiger partial charge in [-0.3, -0.25) is 0 Å². The summed E-state index contributed by atoms with van der Waals surface area (Å²) in [4.78, 5) is 0. The van der Waals surface area contributed by atoms with Gasteiger partial charge in [0.05, 0.1) is 33.3 Å². The number of hydrogen-bond acceptors (Lipinski definition) is 0. The van der Waals surface area contributed by atoms with E-state index in [0.29, 0.717) is 0 Å². The number of rotatable bonds is 8. The molecule has 0 radical (unpaired) electrons. The van der Waals surface area contributed by atoms with Crippen LogP contribution in [0.2, 0.25) is 0 Å². The van der Waals surface area contributed by atoms with Crippen molar-refractivity contribution in [3.8, 4) is 56.1 Å². The molecule has 0 bridgehead atoms. The second-order valence-corrected chi connectivity index (χ2v) is 20.9. The zero-order valence-electron chi connectivity index (χ0n) is 42.5. The fraction of sp³-hybridized carbons (Fsp3) is 0.0541. The molecule has 0 fully saturated rings. The molecule has 0 saturated carbocycles. The molecule has 2 heteroatoms. The van der Waals surface area contributed by atoms with Crippen LogP contribution in [0.5, 0.6) is 0 Å². The molecule has 2 aromatic heterocycles. The van der Waals surface area contributed by atoms with Crippen molar-refractivity contribution in [2.24, 2.45) is 0 Å². The van der Waals surface area contributed by atoms with Gasteiger partial charge in [-0.05, 0) is 140 Å². The summed E-state index contributed by atoms with van der Waals surface area (Å²) in [5, 5.41) is 2.35. The van der Waals surface area contributed by atoms with Crippen molar-refractivity contribution in [1.82, 2.24) is 9.13 Å². The molecule has 0 amide bonds. The predicted molar refractivity (Wildman–Crippen MR) is 315 cm³/mol. The Balaban J connectivity index is 0.998. The van der Waals surface area contributed by atoms with E-state index >= 15 is 0 Å². The molecule has 0 unspecified atom stereocenters. The van der Waals surface area contributed by atoms with Crippen LogP contribution in [-0.2, 0) is 10.8 Å². The molecular formula is C74H52N2. The quantitative estimate of drug-likeness (QED) is 0.144. The Morgan fingerprint density at radius 2 is 0.579 bits per heavy atom. The molecule has 358 valence electrons. The first kappa shape index (κ1) is 44.0. The Morgan fingerprint density at radius 1 is 0.263 bits per heavy atom. The standard InChI is InChI=1S/C74H52N2/c1-49-31-35-51(36-32-49)69-43-53-45-72-54(46-71(53)75(69)59-39-41-63-61-27-15-17-29-65(61)73(67(63)47-59,55-19-7-3-8-20-55)56-21-9-4-10-22-56)44-70(52-37-33-50(2)34-38-52)76(72)60-40-42-64-62-28-16-18-30-66(62)74(68(64)48-60,57-23-11-5-12-24-57)58-25-13-6-14-26-58/h3-48H,1-2H3. The van der Waals surface area contributed by atoms with Crippen molar-refractivity contribution in [3.05, 3.63) is 335 Å². The monoisotopic (exact) mass is 968 g/mol. The fourth-order valence-electron chi connectivity index (χ4n) is 13.5. The minimum absolute atomic E-state index is 0.527. The Bertz CT molecular complexity index is 4010. The van der Waals surface area contributed by atoms with Gasteiger partial charge in [-0.15, -0.1) is 0 Å². The zero-order chi connectivity index (χ0) is 50.5. The average molecular weight is 969 g/mol. The third kappa shape index (κ3) is 6.34. The van der Waals surface area contributed by atoms with Crippen LogP contribution < -0.4 is 0 Å². The van der Waals surface area contributed by atoms with Crippen LogP contribution in [0.4, 0.5) is 0 Å². The minimum atomic E-state index is -0.527. The maximum atomic E-state index is 2.52. The lowest BCUT2D eigenvalue weighted by Crippen LogP contribution is -2.28. The molecule has 2 heterocycles. The van der Waals surface area contributed by atoms with E-state index in [-0.39, 0.29) is 0 Å². The van der Waals surface area contributed by atoms with Gasteiger partial charge in [0.15, 0.2) is 0 Å². The van der Waals surface area contributed by atoms with Crippen molar-refractivity contribution < 1.29 is 0 Å². The topological polar surface area (TPSA) is 9.86 Å². The summed E-state index contributed by atoms with van der Waals surface area (Å²) in [5.74, 6) is 0. The molecule has 0 N–H and O–H groups in total. The number of aryl methyl sites for hydroxylation is 2. The molecule has 2 aliphatic carbocycles. The van der Waals surface area contributed by atoms with Gasteiger partial charge in [0, 0.05) is 22.1 Å². The maximum absolute atomic E-state index is 2.52. The molecule has 2 nitrogen and oxygen atoms in total. The highest BCUT2D eigenvalue weighted by Gasteiger charge is 2.48. The van der Waals surface area contributed by atoms with E-state index in [1.54, 1.807) is 0 Å². The van der Waals surface area contributed by atoms with Crippen LogP contribution in [0.25, 0.3) is 77.9 Å². The van der Waals surface area contributed by atoms with Gasteiger partial charge < -0.3 is 9.13 Å². The van der Waals surface area contributed by atoms with Crippen LogP contribution in [-0.4, -0.2) is 9.13 Å². The third-order valence-corrected chi connectivity index (χ3v) is 16.8. The van der Waals surface area contributed by atoms with E-state index in [0.717, 1.165) is 33.8 Å². The van der Waals surface area contributed by atoms with Gasteiger partial charge in [0.1, 0.15) is 0 Å². The van der Waals surface area contributed by atoms with E-state index < -0.39 is 10.8 Å². The number of hydrogen-bond donors (Lipinski definition) is 0. The van der Waals surface area contributed by atoms with Gasteiger partial charge in [-0.2, -0.15) is 0 Å². The van der Waals surface area contributed by atoms with E-state index in [1.807, 2.05) is 0 Å². The maximum Gasteiger partial charge on any atom is 0.0714 e. The summed E-state index contributed by atoms with van der Waals surface area (Å²) in [7, 11) is 0. The van der Waals surface area contributed by atoms with E-state index in [9.17, 15) is 0 Å². The summed E-state index contributed by atoms with van der Waals surface area (Å²) in [6.45, 7) is 4.34. The zero-order valence-corrected chi connectivity index (χ0v) is 42.5. The van der Waals surface area contributed by atoms with Crippen molar-refractivity contribution in [1.29, 1.82) is 0 Å². The van der Waals surface area contributed by atoms with Gasteiger partial charge in [0.2, 0.25) is 0 Å². The summed E-state index contributed by atoms with van der Waals surface area (Å²) < 4.78 is 5.04. The lowest BCUT2D eigenvalue weighted by molar-refractivity contribution is 0.767. The second kappa shape index (κ2) is 17.0. The molecule has 0 atom stereocenters. The molecule has 2 aliphatic rings. The first-order chi connectivity index (χ1) is 37.5. The van der Waals surface area contributed by atoms with Crippen LogP contribution in [0.3, 0.4) is 0 Å². The molecule has 13 aromatic rings. The first-order valence-corrected chi connectivity index (χ1v) is 26.6. The highest BCUT2D eigenvalue weighted by molar-refractivity contribution is 6.03. The van der Waals surface area contributed by atoms with Crippen LogP contribution in [0.15, 0.2) is 279 Å². The molecule has 11 aromatic carbocycles. The molecule has 76 heavy (non-hydrogen) atoms. The van der Waals surface area contributed by atoms with Gasteiger partial charge >= 0.3 is 0 Å². The summed E-state index contributed by atoms with van der Waals surface area (Å²) >= 11 is 0. The highest BCUT2D eigenvalue weighted by Crippen LogP contribution is 2.58. The average Bonchev–Trinajstić information content (AvgIpc) is 4.22. The lowest BCUT2D eigenvalue weighted by atomic mass is 9.67. The molecule has 15 rings (SSSR count). The van der Waals surface area contributed by atoms with Crippen LogP contribution in [0.1, 0.15) is 55.6 Å². The molecule has 0 saturated heterocycles. The fourth-order valence-corrected chi connectivity index (χ4v) is 13.5. The SMILES string of the molecule is Cc1ccc(-c2cc3cc4c(cc(-c5ccc(C)cc5)n4-c4ccc5c(c4)C(c4ccccc4)(c4ccccc4)c4ccccc4-5)cc3n2-c2ccc3c(c2)C(c2ccccc2)(c2ccccc2)c2ccccc2-3)cc1.